The number of hydrogen-bond donors (Lipinski definition) is 3. The van der Waals surface area contributed by atoms with Gasteiger partial charge in [-0.15, -0.1) is 0 Å². The Bertz CT molecular complexity index is 621. The number of rotatable bonds is 5. The highest BCUT2D eigenvalue weighted by Crippen LogP contribution is 2.32. The molecular weight excluding hydrogens is 360 g/mol. The molecule has 1 aromatic carbocycles. The van der Waals surface area contributed by atoms with Gasteiger partial charge >= 0.3 is 0 Å². The third kappa shape index (κ3) is 3.68. The van der Waals surface area contributed by atoms with E-state index in [0.29, 0.717) is 10.2 Å². The summed E-state index contributed by atoms with van der Waals surface area (Å²) in [7, 11) is -2.34. The van der Waals surface area contributed by atoms with Crippen LogP contribution < -0.4 is 15.2 Å². The van der Waals surface area contributed by atoms with Gasteiger partial charge < -0.3 is 15.6 Å². The van der Waals surface area contributed by atoms with Gasteiger partial charge in [0, 0.05) is 16.7 Å². The van der Waals surface area contributed by atoms with E-state index in [1.54, 1.807) is 0 Å². The Morgan fingerprint density at radius 3 is 2.76 bits per heavy atom. The van der Waals surface area contributed by atoms with Crippen molar-refractivity contribution in [3.63, 3.8) is 0 Å². The zero-order chi connectivity index (χ0) is 15.6. The number of ether oxygens (including phenoxy) is 1. The fourth-order valence-electron chi connectivity index (χ4n) is 2.47. The summed E-state index contributed by atoms with van der Waals surface area (Å²) in [5.41, 5.74) is 6.06. The van der Waals surface area contributed by atoms with Gasteiger partial charge in [0.25, 0.3) is 0 Å². The third-order valence-electron chi connectivity index (χ3n) is 3.73. The third-order valence-corrected chi connectivity index (χ3v) is 5.86. The molecule has 0 saturated heterocycles. The van der Waals surface area contributed by atoms with Crippen molar-refractivity contribution in [2.45, 2.75) is 30.3 Å². The molecular formula is C13H19BrN2O4S. The van der Waals surface area contributed by atoms with E-state index in [9.17, 15) is 13.5 Å². The fourth-order valence-corrected chi connectivity index (χ4v) is 4.07. The lowest BCUT2D eigenvalue weighted by molar-refractivity contribution is 0.134. The number of aliphatic hydroxyl groups excluding tert-OH is 1. The smallest absolute Gasteiger partial charge is 0.244 e. The number of aliphatic hydroxyl groups is 1. The van der Waals surface area contributed by atoms with E-state index in [0.717, 1.165) is 19.3 Å². The molecule has 4 N–H and O–H groups in total. The summed E-state index contributed by atoms with van der Waals surface area (Å²) >= 11 is 3.24. The number of nitrogens with two attached hydrogens (primary N) is 1. The lowest BCUT2D eigenvalue weighted by Gasteiger charge is -2.17. The molecule has 8 heteroatoms. The van der Waals surface area contributed by atoms with Crippen molar-refractivity contribution in [1.29, 1.82) is 0 Å². The molecule has 0 bridgehead atoms. The average molecular weight is 379 g/mol. The minimum absolute atomic E-state index is 0.00168. The van der Waals surface area contributed by atoms with E-state index in [2.05, 4.69) is 20.7 Å². The normalized spacial score (nSPS) is 22.4. The first-order valence-electron chi connectivity index (χ1n) is 6.66. The molecule has 0 heterocycles. The van der Waals surface area contributed by atoms with Crippen molar-refractivity contribution < 1.29 is 18.3 Å². The maximum atomic E-state index is 12.4. The maximum absolute atomic E-state index is 12.4. The van der Waals surface area contributed by atoms with Crippen molar-refractivity contribution in [1.82, 2.24) is 4.72 Å². The quantitative estimate of drug-likeness (QED) is 0.673. The molecule has 6 nitrogen and oxygen atoms in total. The number of halogens is 1. The fraction of sp³-hybridized carbons (Fsp3) is 0.538. The number of hydrogen-bond acceptors (Lipinski definition) is 5. The molecule has 2 atom stereocenters. The Labute approximate surface area is 132 Å². The molecule has 1 saturated carbocycles. The van der Waals surface area contributed by atoms with Crippen LogP contribution in [0.3, 0.4) is 0 Å². The largest absolute Gasteiger partial charge is 0.495 e. The van der Waals surface area contributed by atoms with Crippen LogP contribution in [0.15, 0.2) is 21.5 Å². The summed E-state index contributed by atoms with van der Waals surface area (Å²) in [5, 5.41) is 9.75. The second-order valence-electron chi connectivity index (χ2n) is 5.13. The minimum Gasteiger partial charge on any atom is -0.495 e. The Morgan fingerprint density at radius 1 is 1.48 bits per heavy atom. The van der Waals surface area contributed by atoms with Crippen LogP contribution >= 0.6 is 15.9 Å². The zero-order valence-corrected chi connectivity index (χ0v) is 14.1. The summed E-state index contributed by atoms with van der Waals surface area (Å²) in [5.74, 6) is 0.175. The van der Waals surface area contributed by atoms with Crippen LogP contribution in [-0.4, -0.2) is 33.3 Å². The van der Waals surface area contributed by atoms with Crippen molar-refractivity contribution >= 4 is 31.6 Å². The van der Waals surface area contributed by atoms with Crippen LogP contribution in [0.25, 0.3) is 0 Å². The second-order valence-corrected chi connectivity index (χ2v) is 7.72. The standard InChI is InChI=1S/C13H19BrN2O4S/c1-20-12-5-9(14)10(15)6-13(12)21(18,19)16-7-8-3-2-4-11(8)17/h5-6,8,11,16-17H,2-4,7,15H2,1H3. The van der Waals surface area contributed by atoms with Crippen LogP contribution in [0.4, 0.5) is 5.69 Å². The van der Waals surface area contributed by atoms with Gasteiger partial charge in [0.05, 0.1) is 13.2 Å². The molecule has 0 spiro atoms. The molecule has 21 heavy (non-hydrogen) atoms. The first-order valence-corrected chi connectivity index (χ1v) is 8.93. The van der Waals surface area contributed by atoms with E-state index in [4.69, 9.17) is 10.5 Å². The number of sulfonamides is 1. The van der Waals surface area contributed by atoms with E-state index < -0.39 is 16.1 Å². The van der Waals surface area contributed by atoms with Gasteiger partial charge in [0.1, 0.15) is 10.6 Å². The van der Waals surface area contributed by atoms with E-state index >= 15 is 0 Å². The van der Waals surface area contributed by atoms with Crippen molar-refractivity contribution in [2.75, 3.05) is 19.4 Å². The summed E-state index contributed by atoms with van der Waals surface area (Å²) in [6, 6.07) is 2.88. The number of anilines is 1. The first kappa shape index (κ1) is 16.5. The van der Waals surface area contributed by atoms with Gasteiger partial charge in [-0.1, -0.05) is 6.42 Å². The molecule has 1 fully saturated rings. The zero-order valence-electron chi connectivity index (χ0n) is 11.7. The van der Waals surface area contributed by atoms with E-state index in [-0.39, 0.29) is 23.1 Å². The highest BCUT2D eigenvalue weighted by atomic mass is 79.9. The van der Waals surface area contributed by atoms with Gasteiger partial charge in [0.2, 0.25) is 10.0 Å². The van der Waals surface area contributed by atoms with Crippen LogP contribution in [0, 0.1) is 5.92 Å². The van der Waals surface area contributed by atoms with Gasteiger partial charge in [-0.25, -0.2) is 13.1 Å². The van der Waals surface area contributed by atoms with Crippen molar-refractivity contribution in [2.24, 2.45) is 5.92 Å². The van der Waals surface area contributed by atoms with Gasteiger partial charge in [-0.05, 0) is 46.8 Å². The van der Waals surface area contributed by atoms with Crippen molar-refractivity contribution in [3.05, 3.63) is 16.6 Å². The molecule has 0 aliphatic heterocycles. The number of benzene rings is 1. The molecule has 2 unspecified atom stereocenters. The molecule has 0 amide bonds. The molecule has 1 aromatic rings. The summed E-state index contributed by atoms with van der Waals surface area (Å²) in [6.45, 7) is 0.211. The number of nitrogen functional groups attached to an aromatic ring is 1. The van der Waals surface area contributed by atoms with Gasteiger partial charge in [-0.3, -0.25) is 0 Å². The molecule has 118 valence electrons. The first-order chi connectivity index (χ1) is 9.85. The second kappa shape index (κ2) is 6.51. The van der Waals surface area contributed by atoms with Gasteiger partial charge in [-0.2, -0.15) is 0 Å². The SMILES string of the molecule is COc1cc(Br)c(N)cc1S(=O)(=O)NCC1CCCC1O. The predicted molar refractivity (Wildman–Crippen MR) is 83.6 cm³/mol. The maximum Gasteiger partial charge on any atom is 0.244 e. The summed E-state index contributed by atoms with van der Waals surface area (Å²) < 4.78 is 33.0. The molecule has 1 aliphatic carbocycles. The average Bonchev–Trinajstić information content (AvgIpc) is 2.84. The Hall–Kier alpha value is -0.830. The van der Waals surface area contributed by atoms with Crippen LogP contribution in [-0.2, 0) is 10.0 Å². The van der Waals surface area contributed by atoms with Gasteiger partial charge in [0.15, 0.2) is 0 Å². The Balaban J connectivity index is 2.21. The summed E-state index contributed by atoms with van der Waals surface area (Å²) in [6.07, 6.45) is 2.02. The minimum atomic E-state index is -3.74. The highest BCUT2D eigenvalue weighted by Gasteiger charge is 2.28. The Kier molecular flexibility index (Phi) is 5.13. The number of nitrogens with one attached hydrogen (secondary N) is 1. The molecule has 0 aromatic heterocycles. The van der Waals surface area contributed by atoms with Crippen LogP contribution in [0.1, 0.15) is 19.3 Å². The van der Waals surface area contributed by atoms with Crippen molar-refractivity contribution in [3.8, 4) is 5.75 Å². The van der Waals surface area contributed by atoms with E-state index in [1.165, 1.54) is 19.2 Å². The molecule has 0 radical (unpaired) electrons. The van der Waals surface area contributed by atoms with Crippen LogP contribution in [0.2, 0.25) is 0 Å². The lowest BCUT2D eigenvalue weighted by atomic mass is 10.1. The van der Waals surface area contributed by atoms with Crippen LogP contribution in [0.5, 0.6) is 5.75 Å². The Morgan fingerprint density at radius 2 is 2.19 bits per heavy atom. The monoisotopic (exact) mass is 378 g/mol. The van der Waals surface area contributed by atoms with E-state index in [1.807, 2.05) is 0 Å². The molecule has 2 rings (SSSR count). The molecule has 1 aliphatic rings. The predicted octanol–water partition coefficient (Wildman–Crippen LogP) is 1.48. The topological polar surface area (TPSA) is 102 Å². The summed E-state index contributed by atoms with van der Waals surface area (Å²) in [4.78, 5) is -0.00168. The lowest BCUT2D eigenvalue weighted by Crippen LogP contribution is -2.32. The number of methoxy groups -OCH3 is 1. The highest BCUT2D eigenvalue weighted by molar-refractivity contribution is 9.10.